The van der Waals surface area contributed by atoms with Crippen LogP contribution in [0.5, 0.6) is 0 Å². The fraction of sp³-hybridized carbons (Fsp3) is 0.222. The summed E-state index contributed by atoms with van der Waals surface area (Å²) in [5, 5.41) is 13.3. The molecule has 0 spiro atoms. The van der Waals surface area contributed by atoms with Crippen LogP contribution in [0, 0.1) is 0 Å². The lowest BCUT2D eigenvalue weighted by Gasteiger charge is -2.24. The van der Waals surface area contributed by atoms with Crippen LogP contribution in [0.2, 0.25) is 0 Å². The Kier molecular flexibility index (Phi) is 6.67. The van der Waals surface area contributed by atoms with Gasteiger partial charge in [-0.25, -0.2) is 0 Å². The maximum atomic E-state index is 9.71. The van der Waals surface area contributed by atoms with Crippen molar-refractivity contribution in [1.82, 2.24) is 5.32 Å². The Labute approximate surface area is 134 Å². The molecule has 0 aromatic heterocycles. The number of aliphatic hydroxyl groups excluding tert-OH is 1. The second-order valence-corrected chi connectivity index (χ2v) is 5.40. The lowest BCUT2D eigenvalue weighted by atomic mass is 10.0. The summed E-state index contributed by atoms with van der Waals surface area (Å²) < 4.78 is 0. The average Bonchev–Trinajstić information content (AvgIpc) is 2.57. The van der Waals surface area contributed by atoms with Gasteiger partial charge in [-0.1, -0.05) is 82.7 Å². The third-order valence-corrected chi connectivity index (χ3v) is 3.82. The summed E-state index contributed by atoms with van der Waals surface area (Å²) in [5.41, 5.74) is 2.32. The molecule has 0 fully saturated rings. The highest BCUT2D eigenvalue weighted by atomic mass is 79.9. The maximum absolute atomic E-state index is 9.71. The summed E-state index contributed by atoms with van der Waals surface area (Å²) in [5.74, 6) is 0. The molecule has 3 heteroatoms. The Hall–Kier alpha value is -1.42. The molecule has 2 nitrogen and oxygen atoms in total. The van der Waals surface area contributed by atoms with E-state index in [2.05, 4.69) is 39.5 Å². The van der Waals surface area contributed by atoms with Gasteiger partial charge >= 0.3 is 0 Å². The van der Waals surface area contributed by atoms with Crippen LogP contribution < -0.4 is 5.32 Å². The molecule has 21 heavy (non-hydrogen) atoms. The fourth-order valence-electron chi connectivity index (χ4n) is 2.36. The Morgan fingerprint density at radius 1 is 0.905 bits per heavy atom. The first-order valence-corrected chi connectivity index (χ1v) is 7.98. The Morgan fingerprint density at radius 3 is 1.90 bits per heavy atom. The van der Waals surface area contributed by atoms with E-state index in [1.807, 2.05) is 53.5 Å². The Bertz CT molecular complexity index is 542. The minimum absolute atomic E-state index is 0.0693. The van der Waals surface area contributed by atoms with Gasteiger partial charge in [-0.3, -0.25) is 0 Å². The highest BCUT2D eigenvalue weighted by Gasteiger charge is 2.16. The number of hydrogen-bond donors (Lipinski definition) is 2. The molecule has 0 bridgehead atoms. The quantitative estimate of drug-likeness (QED) is 0.781. The highest BCUT2D eigenvalue weighted by Crippen LogP contribution is 2.23. The molecule has 0 unspecified atom stereocenters. The monoisotopic (exact) mass is 345 g/mol. The fourth-order valence-corrected chi connectivity index (χ4v) is 2.57. The lowest BCUT2D eigenvalue weighted by molar-refractivity contribution is 0.233. The zero-order valence-electron chi connectivity index (χ0n) is 11.8. The first-order valence-electron chi connectivity index (χ1n) is 7.07. The molecule has 2 aromatic carbocycles. The van der Waals surface area contributed by atoms with E-state index >= 15 is 0 Å². The van der Waals surface area contributed by atoms with Gasteiger partial charge in [-0.05, 0) is 22.5 Å². The molecule has 0 heterocycles. The molecule has 0 aliphatic heterocycles. The number of halogens is 1. The molecule has 2 rings (SSSR count). The van der Waals surface area contributed by atoms with E-state index < -0.39 is 0 Å². The largest absolute Gasteiger partial charge is 0.394 e. The van der Waals surface area contributed by atoms with Crippen molar-refractivity contribution in [3.63, 3.8) is 0 Å². The van der Waals surface area contributed by atoms with Crippen molar-refractivity contribution >= 4 is 15.9 Å². The summed E-state index contributed by atoms with van der Waals surface area (Å²) in [6, 6.07) is 20.5. The topological polar surface area (TPSA) is 32.3 Å². The number of rotatable bonds is 7. The van der Waals surface area contributed by atoms with Crippen molar-refractivity contribution in [3.05, 3.63) is 82.9 Å². The first-order chi connectivity index (χ1) is 10.3. The summed E-state index contributed by atoms with van der Waals surface area (Å²) in [4.78, 5) is 1.88. The van der Waals surface area contributed by atoms with Gasteiger partial charge in [-0.15, -0.1) is 0 Å². The summed E-state index contributed by atoms with van der Waals surface area (Å²) in [7, 11) is 0. The van der Waals surface area contributed by atoms with Gasteiger partial charge in [-0.2, -0.15) is 0 Å². The Morgan fingerprint density at radius 2 is 1.43 bits per heavy atom. The molecule has 0 saturated carbocycles. The molecule has 0 aliphatic carbocycles. The van der Waals surface area contributed by atoms with Crippen LogP contribution in [0.15, 0.2) is 71.7 Å². The Balaban J connectivity index is 2.17. The molecule has 2 atom stereocenters. The van der Waals surface area contributed by atoms with Crippen molar-refractivity contribution in [2.24, 2.45) is 0 Å². The van der Waals surface area contributed by atoms with Crippen LogP contribution >= 0.6 is 15.9 Å². The van der Waals surface area contributed by atoms with E-state index in [0.717, 1.165) is 12.0 Å². The summed E-state index contributed by atoms with van der Waals surface area (Å²) >= 11 is 3.32. The molecular weight excluding hydrogens is 326 g/mol. The molecule has 0 radical (unpaired) electrons. The summed E-state index contributed by atoms with van der Waals surface area (Å²) in [6.45, 7) is 0.0748. The number of nitrogens with one attached hydrogen (secondary N) is 1. The maximum Gasteiger partial charge on any atom is 0.0626 e. The molecule has 2 N–H and O–H groups in total. The van der Waals surface area contributed by atoms with Gasteiger partial charge in [0.25, 0.3) is 0 Å². The standard InChI is InChI=1S/C18H20BrNO/c19-13-7-12-17(15-8-3-1-4-9-15)20-18(14-21)16-10-5-2-6-11-16/h1-11,13,17-18,20-21H,12,14H2/b13-7-/t17-,18+/m1/s1. The molecular formula is C18H20BrNO. The first kappa shape index (κ1) is 16.0. The minimum Gasteiger partial charge on any atom is -0.394 e. The molecule has 2 aromatic rings. The van der Waals surface area contributed by atoms with E-state index in [9.17, 15) is 5.11 Å². The van der Waals surface area contributed by atoms with Gasteiger partial charge in [0.05, 0.1) is 12.6 Å². The number of aliphatic hydroxyl groups is 1. The lowest BCUT2D eigenvalue weighted by Crippen LogP contribution is -2.28. The van der Waals surface area contributed by atoms with Crippen LogP contribution in [-0.2, 0) is 0 Å². The van der Waals surface area contributed by atoms with E-state index in [0.29, 0.717) is 0 Å². The van der Waals surface area contributed by atoms with Gasteiger partial charge in [0.15, 0.2) is 0 Å². The van der Waals surface area contributed by atoms with E-state index in [4.69, 9.17) is 0 Å². The van der Waals surface area contributed by atoms with Crippen molar-refractivity contribution < 1.29 is 5.11 Å². The average molecular weight is 346 g/mol. The van der Waals surface area contributed by atoms with Crippen molar-refractivity contribution in [3.8, 4) is 0 Å². The third kappa shape index (κ3) is 4.81. The minimum atomic E-state index is -0.0693. The van der Waals surface area contributed by atoms with Crippen LogP contribution in [-0.4, -0.2) is 11.7 Å². The predicted molar refractivity (Wildman–Crippen MR) is 91.3 cm³/mol. The van der Waals surface area contributed by atoms with Gasteiger partial charge < -0.3 is 10.4 Å². The van der Waals surface area contributed by atoms with E-state index in [1.54, 1.807) is 0 Å². The zero-order valence-corrected chi connectivity index (χ0v) is 13.4. The smallest absolute Gasteiger partial charge is 0.0626 e. The second-order valence-electron chi connectivity index (χ2n) is 4.87. The molecule has 110 valence electrons. The van der Waals surface area contributed by atoms with Gasteiger partial charge in [0.1, 0.15) is 0 Å². The van der Waals surface area contributed by atoms with Crippen molar-refractivity contribution in [2.75, 3.05) is 6.61 Å². The molecule has 0 aliphatic rings. The van der Waals surface area contributed by atoms with Gasteiger partial charge in [0, 0.05) is 6.04 Å². The SMILES string of the molecule is OC[C@H](N[C@H](C/C=C\Br)c1ccccc1)c1ccccc1. The van der Waals surface area contributed by atoms with Gasteiger partial charge in [0.2, 0.25) is 0 Å². The van der Waals surface area contributed by atoms with Crippen molar-refractivity contribution in [1.29, 1.82) is 0 Å². The number of hydrogen-bond acceptors (Lipinski definition) is 2. The second kappa shape index (κ2) is 8.78. The molecule has 0 saturated heterocycles. The number of benzene rings is 2. The van der Waals surface area contributed by atoms with Crippen LogP contribution in [0.1, 0.15) is 29.6 Å². The molecule has 0 amide bonds. The van der Waals surface area contributed by atoms with Crippen LogP contribution in [0.3, 0.4) is 0 Å². The zero-order chi connectivity index (χ0) is 14.9. The summed E-state index contributed by atoms with van der Waals surface area (Å²) in [6.07, 6.45) is 2.93. The third-order valence-electron chi connectivity index (χ3n) is 3.45. The normalized spacial score (nSPS) is 14.2. The van der Waals surface area contributed by atoms with Crippen molar-refractivity contribution in [2.45, 2.75) is 18.5 Å². The van der Waals surface area contributed by atoms with Crippen LogP contribution in [0.4, 0.5) is 0 Å². The van der Waals surface area contributed by atoms with E-state index in [1.165, 1.54) is 5.56 Å². The highest BCUT2D eigenvalue weighted by molar-refractivity contribution is 9.11. The van der Waals surface area contributed by atoms with E-state index in [-0.39, 0.29) is 18.7 Å². The predicted octanol–water partition coefficient (Wildman–Crippen LogP) is 4.35. The van der Waals surface area contributed by atoms with Crippen LogP contribution in [0.25, 0.3) is 0 Å².